The summed E-state index contributed by atoms with van der Waals surface area (Å²) in [5, 5.41) is 15.6. The van der Waals surface area contributed by atoms with E-state index in [0.717, 1.165) is 22.9 Å². The second-order valence-electron chi connectivity index (χ2n) is 6.01. The lowest BCUT2D eigenvalue weighted by Crippen LogP contribution is -2.23. The van der Waals surface area contributed by atoms with Crippen LogP contribution < -0.4 is 5.56 Å². The summed E-state index contributed by atoms with van der Waals surface area (Å²) < 4.78 is 28.2. The topological polar surface area (TPSA) is 72.0 Å². The first-order valence-electron chi connectivity index (χ1n) is 8.16. The number of aromatic nitrogens is 2. The number of benzene rings is 2. The average Bonchev–Trinajstić information content (AvgIpc) is 3.18. The monoisotopic (exact) mass is 365 g/mol. The normalized spacial score (nSPS) is 13.0. The summed E-state index contributed by atoms with van der Waals surface area (Å²) in [4.78, 5) is 12.2. The van der Waals surface area contributed by atoms with E-state index in [1.165, 1.54) is 28.9 Å². The Bertz CT molecular complexity index is 1120. The summed E-state index contributed by atoms with van der Waals surface area (Å²) in [5.74, 6) is -1.41. The second-order valence-corrected chi connectivity index (χ2v) is 6.01. The quantitative estimate of drug-likeness (QED) is 0.711. The van der Waals surface area contributed by atoms with Crippen LogP contribution >= 0.6 is 0 Å². The molecule has 1 aliphatic heterocycles. The summed E-state index contributed by atoms with van der Waals surface area (Å²) >= 11 is 0. The molecule has 8 heteroatoms. The van der Waals surface area contributed by atoms with E-state index in [1.807, 2.05) is 24.3 Å². The van der Waals surface area contributed by atoms with E-state index < -0.39 is 11.6 Å². The van der Waals surface area contributed by atoms with Gasteiger partial charge in [-0.05, 0) is 35.1 Å². The van der Waals surface area contributed by atoms with E-state index in [9.17, 15) is 13.6 Å². The van der Waals surface area contributed by atoms with E-state index >= 15 is 0 Å². The zero-order valence-corrected chi connectivity index (χ0v) is 14.0. The molecule has 0 atom stereocenters. The van der Waals surface area contributed by atoms with E-state index in [-0.39, 0.29) is 17.7 Å². The first-order chi connectivity index (χ1) is 13.1. The van der Waals surface area contributed by atoms with Crippen LogP contribution in [0.5, 0.6) is 0 Å². The molecule has 6 nitrogen and oxygen atoms in total. The first-order valence-corrected chi connectivity index (χ1v) is 8.16. The van der Waals surface area contributed by atoms with Gasteiger partial charge in [0.2, 0.25) is 0 Å². The van der Waals surface area contributed by atoms with Gasteiger partial charge in [0.15, 0.2) is 0 Å². The van der Waals surface area contributed by atoms with Crippen molar-refractivity contribution in [3.63, 3.8) is 0 Å². The number of hydrogen-bond acceptors (Lipinski definition) is 5. The van der Waals surface area contributed by atoms with Gasteiger partial charge in [-0.1, -0.05) is 18.2 Å². The summed E-state index contributed by atoms with van der Waals surface area (Å²) in [5.41, 5.74) is 2.71. The molecular weight excluding hydrogens is 352 g/mol. The van der Waals surface area contributed by atoms with Crippen molar-refractivity contribution in [2.24, 2.45) is 15.4 Å². The van der Waals surface area contributed by atoms with Gasteiger partial charge < -0.3 is 0 Å². The molecule has 3 aromatic rings. The van der Waals surface area contributed by atoms with Crippen molar-refractivity contribution in [2.45, 2.75) is 6.54 Å². The maximum absolute atomic E-state index is 13.5. The Kier molecular flexibility index (Phi) is 4.37. The van der Waals surface area contributed by atoms with Crippen molar-refractivity contribution < 1.29 is 8.78 Å². The second kappa shape index (κ2) is 6.99. The van der Waals surface area contributed by atoms with Crippen molar-refractivity contribution in [3.05, 3.63) is 87.7 Å². The number of hydrogen-bond donors (Lipinski definition) is 0. The molecule has 0 spiro atoms. The Hall–Kier alpha value is -3.55. The highest BCUT2D eigenvalue weighted by Crippen LogP contribution is 2.19. The molecule has 2 heterocycles. The van der Waals surface area contributed by atoms with Crippen molar-refractivity contribution in [1.29, 1.82) is 0 Å². The average molecular weight is 365 g/mol. The Balaban J connectivity index is 1.66. The van der Waals surface area contributed by atoms with Crippen LogP contribution in [0.2, 0.25) is 0 Å². The Morgan fingerprint density at radius 3 is 2.52 bits per heavy atom. The molecule has 0 unspecified atom stereocenters. The Morgan fingerprint density at radius 2 is 1.78 bits per heavy atom. The molecule has 27 heavy (non-hydrogen) atoms. The molecule has 0 bridgehead atoms. The lowest BCUT2D eigenvalue weighted by Gasteiger charge is -2.09. The van der Waals surface area contributed by atoms with Crippen LogP contribution in [-0.4, -0.2) is 22.0 Å². The Morgan fingerprint density at radius 1 is 0.963 bits per heavy atom. The molecule has 1 aromatic heterocycles. The third kappa shape index (κ3) is 3.69. The van der Waals surface area contributed by atoms with E-state index in [2.05, 4.69) is 20.5 Å². The fourth-order valence-electron chi connectivity index (χ4n) is 2.80. The molecule has 2 aromatic carbocycles. The van der Waals surface area contributed by atoms with E-state index in [4.69, 9.17) is 0 Å². The van der Waals surface area contributed by atoms with Gasteiger partial charge in [-0.2, -0.15) is 10.2 Å². The maximum atomic E-state index is 13.5. The molecule has 1 aliphatic rings. The standard InChI is InChI=1S/C19H13F2N5O/c20-15-7-14(8-16(21)9-15)17-4-5-19(27)26(24-17)11-12-2-1-3-13(6-12)18-10-22-25-23-18/h1-9H,10-11H2. The highest BCUT2D eigenvalue weighted by atomic mass is 19.1. The van der Waals surface area contributed by atoms with Gasteiger partial charge in [-0.3, -0.25) is 4.79 Å². The maximum Gasteiger partial charge on any atom is 0.267 e. The predicted molar refractivity (Wildman–Crippen MR) is 95.7 cm³/mol. The zero-order valence-electron chi connectivity index (χ0n) is 14.0. The molecule has 4 rings (SSSR count). The SMILES string of the molecule is O=c1ccc(-c2cc(F)cc(F)c2)nn1Cc1cccc(C2=NN=NC2)c1. The molecule has 0 saturated carbocycles. The lowest BCUT2D eigenvalue weighted by molar-refractivity contribution is 0.583. The van der Waals surface area contributed by atoms with Gasteiger partial charge in [0.05, 0.1) is 18.0 Å². The molecule has 0 radical (unpaired) electrons. The molecule has 0 N–H and O–H groups in total. The number of rotatable bonds is 4. The Labute approximate surface area is 152 Å². The summed E-state index contributed by atoms with van der Waals surface area (Å²) in [6.07, 6.45) is 0. The number of nitrogens with zero attached hydrogens (tertiary/aromatic N) is 5. The summed E-state index contributed by atoms with van der Waals surface area (Å²) in [7, 11) is 0. The minimum Gasteiger partial charge on any atom is -0.268 e. The third-order valence-corrected chi connectivity index (χ3v) is 4.07. The van der Waals surface area contributed by atoms with E-state index in [0.29, 0.717) is 12.2 Å². The van der Waals surface area contributed by atoms with Crippen LogP contribution in [0.4, 0.5) is 8.78 Å². The molecule has 0 saturated heterocycles. The van der Waals surface area contributed by atoms with Crippen molar-refractivity contribution in [3.8, 4) is 11.3 Å². The van der Waals surface area contributed by atoms with Gasteiger partial charge in [0, 0.05) is 23.3 Å². The first kappa shape index (κ1) is 16.9. The fourth-order valence-corrected chi connectivity index (χ4v) is 2.80. The summed E-state index contributed by atoms with van der Waals surface area (Å²) in [6.45, 7) is 0.627. The van der Waals surface area contributed by atoms with Crippen molar-refractivity contribution >= 4 is 5.71 Å². The van der Waals surface area contributed by atoms with Crippen LogP contribution in [0.3, 0.4) is 0 Å². The highest BCUT2D eigenvalue weighted by molar-refractivity contribution is 6.02. The molecule has 134 valence electrons. The van der Waals surface area contributed by atoms with Crippen LogP contribution in [0.25, 0.3) is 11.3 Å². The molecule has 0 amide bonds. The van der Waals surface area contributed by atoms with Gasteiger partial charge in [0.1, 0.15) is 18.2 Å². The van der Waals surface area contributed by atoms with Gasteiger partial charge >= 0.3 is 0 Å². The minimum atomic E-state index is -0.703. The van der Waals surface area contributed by atoms with Crippen LogP contribution in [-0.2, 0) is 6.54 Å². The number of halogens is 2. The highest BCUT2D eigenvalue weighted by Gasteiger charge is 2.10. The predicted octanol–water partition coefficient (Wildman–Crippen LogP) is 3.41. The molecular formula is C19H13F2N5O. The fraction of sp³-hybridized carbons (Fsp3) is 0.105. The van der Waals surface area contributed by atoms with E-state index in [1.54, 1.807) is 0 Å². The third-order valence-electron chi connectivity index (χ3n) is 4.07. The van der Waals surface area contributed by atoms with Gasteiger partial charge in [-0.25, -0.2) is 13.5 Å². The van der Waals surface area contributed by atoms with Crippen LogP contribution in [0.1, 0.15) is 11.1 Å². The van der Waals surface area contributed by atoms with Gasteiger partial charge in [0.25, 0.3) is 5.56 Å². The van der Waals surface area contributed by atoms with Gasteiger partial charge in [-0.15, -0.1) is 5.10 Å². The lowest BCUT2D eigenvalue weighted by atomic mass is 10.1. The van der Waals surface area contributed by atoms with Crippen molar-refractivity contribution in [2.75, 3.05) is 6.54 Å². The van der Waals surface area contributed by atoms with Crippen LogP contribution in [0.15, 0.2) is 74.8 Å². The smallest absolute Gasteiger partial charge is 0.267 e. The summed E-state index contributed by atoms with van der Waals surface area (Å²) in [6, 6.07) is 13.4. The van der Waals surface area contributed by atoms with Crippen LogP contribution in [0, 0.1) is 11.6 Å². The van der Waals surface area contributed by atoms with Crippen molar-refractivity contribution in [1.82, 2.24) is 9.78 Å². The molecule has 0 fully saturated rings. The zero-order chi connectivity index (χ0) is 18.8. The minimum absolute atomic E-state index is 0.208. The molecule has 0 aliphatic carbocycles. The largest absolute Gasteiger partial charge is 0.268 e.